The Morgan fingerprint density at radius 1 is 1.12 bits per heavy atom. The van der Waals surface area contributed by atoms with Crippen LogP contribution in [0.15, 0.2) is 45.8 Å². The number of aromatic nitrogens is 3. The maximum Gasteiger partial charge on any atom is 0.439 e. The highest BCUT2D eigenvalue weighted by Gasteiger charge is 2.30. The van der Waals surface area contributed by atoms with Crippen molar-refractivity contribution in [2.24, 2.45) is 0 Å². The molecule has 0 aliphatic carbocycles. The average molecular weight is 339 g/mol. The van der Waals surface area contributed by atoms with E-state index in [0.29, 0.717) is 5.56 Å². The molecule has 0 saturated heterocycles. The molecule has 1 aromatic carbocycles. The van der Waals surface area contributed by atoms with Gasteiger partial charge in [-0.1, -0.05) is 17.3 Å². The largest absolute Gasteiger partial charge is 0.439 e. The Labute approximate surface area is 132 Å². The highest BCUT2D eigenvalue weighted by molar-refractivity contribution is 5.59. The molecular weight excluding hydrogens is 330 g/mol. The lowest BCUT2D eigenvalue weighted by Gasteiger charge is -2.09. The molecule has 0 radical (unpaired) electrons. The summed E-state index contributed by atoms with van der Waals surface area (Å²) < 4.78 is 56.1. The van der Waals surface area contributed by atoms with Crippen molar-refractivity contribution < 1.29 is 22.1 Å². The van der Waals surface area contributed by atoms with Gasteiger partial charge in [0.25, 0.3) is 0 Å². The molecule has 3 rings (SSSR count). The fourth-order valence-corrected chi connectivity index (χ4v) is 2.20. The van der Waals surface area contributed by atoms with Crippen molar-refractivity contribution in [1.29, 1.82) is 0 Å². The van der Waals surface area contributed by atoms with E-state index in [-0.39, 0.29) is 23.5 Å². The number of aromatic amines is 1. The predicted octanol–water partition coefficient (Wildman–Crippen LogP) is 3.17. The van der Waals surface area contributed by atoms with Crippen molar-refractivity contribution in [3.8, 4) is 11.4 Å². The topological polar surface area (TPSA) is 71.8 Å². The van der Waals surface area contributed by atoms with Crippen LogP contribution in [-0.4, -0.2) is 15.1 Å². The van der Waals surface area contributed by atoms with Gasteiger partial charge in [0.15, 0.2) is 5.82 Å². The van der Waals surface area contributed by atoms with Crippen molar-refractivity contribution >= 4 is 0 Å². The van der Waals surface area contributed by atoms with Gasteiger partial charge in [-0.15, -0.1) is 0 Å². The number of H-pyrrole nitrogens is 1. The van der Waals surface area contributed by atoms with E-state index in [1.165, 1.54) is 18.3 Å². The molecule has 3 aromatic rings. The second-order valence-corrected chi connectivity index (χ2v) is 4.93. The average Bonchev–Trinajstić information content (AvgIpc) is 2.93. The molecule has 0 atom stereocenters. The molecule has 0 fully saturated rings. The maximum atomic E-state index is 14.1. The standard InChI is InChI=1S/C15H9F4N3O2/c16-10-5-6-20-11(12(10)13-21-14(23)24-22-13)7-8-1-3-9(4-2-8)15(17,18)19/h1-6H,7H2,(H,21,22,23). The summed E-state index contributed by atoms with van der Waals surface area (Å²) in [5.74, 6) is -1.67. The summed E-state index contributed by atoms with van der Waals surface area (Å²) in [5.41, 5.74) is -0.143. The molecule has 124 valence electrons. The van der Waals surface area contributed by atoms with Gasteiger partial charge >= 0.3 is 11.9 Å². The summed E-state index contributed by atoms with van der Waals surface area (Å²) in [6, 6.07) is 5.52. The van der Waals surface area contributed by atoms with E-state index in [2.05, 4.69) is 19.6 Å². The molecule has 24 heavy (non-hydrogen) atoms. The maximum absolute atomic E-state index is 14.1. The Hall–Kier alpha value is -2.97. The van der Waals surface area contributed by atoms with Crippen LogP contribution in [0.1, 0.15) is 16.8 Å². The summed E-state index contributed by atoms with van der Waals surface area (Å²) in [5, 5.41) is 3.42. The number of alkyl halides is 3. The first kappa shape index (κ1) is 15.9. The molecule has 0 aliphatic heterocycles. The highest BCUT2D eigenvalue weighted by atomic mass is 19.4. The summed E-state index contributed by atoms with van der Waals surface area (Å²) in [6.45, 7) is 0. The Kier molecular flexibility index (Phi) is 3.92. The van der Waals surface area contributed by atoms with Gasteiger partial charge in [-0.25, -0.2) is 9.18 Å². The minimum absolute atomic E-state index is 0.0557. The number of benzene rings is 1. The zero-order valence-corrected chi connectivity index (χ0v) is 11.9. The van der Waals surface area contributed by atoms with Crippen molar-refractivity contribution in [2.75, 3.05) is 0 Å². The normalized spacial score (nSPS) is 11.7. The lowest BCUT2D eigenvalue weighted by molar-refractivity contribution is -0.137. The molecule has 2 aromatic heterocycles. The molecule has 2 heterocycles. The molecule has 0 saturated carbocycles. The number of nitrogens with zero attached hydrogens (tertiary/aromatic N) is 2. The first-order chi connectivity index (χ1) is 11.3. The van der Waals surface area contributed by atoms with Gasteiger partial charge in [-0.05, 0) is 23.8 Å². The van der Waals surface area contributed by atoms with Gasteiger partial charge in [0.2, 0.25) is 0 Å². The predicted molar refractivity (Wildman–Crippen MR) is 74.6 cm³/mol. The van der Waals surface area contributed by atoms with Crippen molar-refractivity contribution in [1.82, 2.24) is 15.1 Å². The van der Waals surface area contributed by atoms with Crippen LogP contribution in [0.5, 0.6) is 0 Å². The number of pyridine rings is 1. The van der Waals surface area contributed by atoms with Crippen LogP contribution in [0.4, 0.5) is 17.6 Å². The third-order valence-electron chi connectivity index (χ3n) is 3.31. The third kappa shape index (κ3) is 3.19. The summed E-state index contributed by atoms with van der Waals surface area (Å²) in [4.78, 5) is 17.3. The Balaban J connectivity index is 1.96. The monoisotopic (exact) mass is 339 g/mol. The van der Waals surface area contributed by atoms with E-state index in [1.54, 1.807) is 0 Å². The molecule has 9 heteroatoms. The van der Waals surface area contributed by atoms with Crippen LogP contribution < -0.4 is 5.76 Å². The Morgan fingerprint density at radius 2 is 1.83 bits per heavy atom. The van der Waals surface area contributed by atoms with Crippen molar-refractivity contribution in [3.63, 3.8) is 0 Å². The van der Waals surface area contributed by atoms with Crippen LogP contribution in [0.25, 0.3) is 11.4 Å². The van der Waals surface area contributed by atoms with Crippen molar-refractivity contribution in [3.05, 3.63) is 69.7 Å². The van der Waals surface area contributed by atoms with E-state index in [9.17, 15) is 22.4 Å². The number of hydrogen-bond acceptors (Lipinski definition) is 4. The van der Waals surface area contributed by atoms with E-state index < -0.39 is 23.3 Å². The lowest BCUT2D eigenvalue weighted by atomic mass is 10.0. The first-order valence-corrected chi connectivity index (χ1v) is 6.70. The second-order valence-electron chi connectivity index (χ2n) is 4.93. The molecule has 5 nitrogen and oxygen atoms in total. The number of nitrogens with one attached hydrogen (secondary N) is 1. The van der Waals surface area contributed by atoms with Gasteiger partial charge in [0.05, 0.1) is 16.8 Å². The summed E-state index contributed by atoms with van der Waals surface area (Å²) >= 11 is 0. The number of hydrogen-bond donors (Lipinski definition) is 1. The fourth-order valence-electron chi connectivity index (χ4n) is 2.20. The highest BCUT2D eigenvalue weighted by Crippen LogP contribution is 2.30. The molecule has 0 unspecified atom stereocenters. The third-order valence-corrected chi connectivity index (χ3v) is 3.31. The van der Waals surface area contributed by atoms with Gasteiger partial charge in [-0.2, -0.15) is 13.2 Å². The summed E-state index contributed by atoms with van der Waals surface area (Å²) in [6.07, 6.45) is -3.16. The van der Waals surface area contributed by atoms with Crippen LogP contribution in [0.2, 0.25) is 0 Å². The molecular formula is C15H9F4N3O2. The molecule has 1 N–H and O–H groups in total. The molecule has 0 bridgehead atoms. The summed E-state index contributed by atoms with van der Waals surface area (Å²) in [7, 11) is 0. The van der Waals surface area contributed by atoms with E-state index in [4.69, 9.17) is 0 Å². The Morgan fingerprint density at radius 3 is 2.42 bits per heavy atom. The SMILES string of the molecule is O=c1[nH]c(-c2c(F)ccnc2Cc2ccc(C(F)(F)F)cc2)no1. The zero-order chi connectivity index (χ0) is 17.3. The van der Waals surface area contributed by atoms with Crippen molar-refractivity contribution in [2.45, 2.75) is 12.6 Å². The fraction of sp³-hybridized carbons (Fsp3) is 0.133. The van der Waals surface area contributed by atoms with Crippen LogP contribution in [0.3, 0.4) is 0 Å². The minimum Gasteiger partial charge on any atom is -0.296 e. The van der Waals surface area contributed by atoms with Gasteiger partial charge in [0, 0.05) is 12.6 Å². The van der Waals surface area contributed by atoms with Gasteiger partial charge in [-0.3, -0.25) is 14.5 Å². The quantitative estimate of drug-likeness (QED) is 0.744. The molecule has 0 spiro atoms. The van der Waals surface area contributed by atoms with E-state index in [1.807, 2.05) is 0 Å². The Bertz CT molecular complexity index is 913. The number of halogens is 4. The van der Waals surface area contributed by atoms with E-state index >= 15 is 0 Å². The lowest BCUT2D eigenvalue weighted by Crippen LogP contribution is -2.05. The van der Waals surface area contributed by atoms with Gasteiger partial charge in [0.1, 0.15) is 5.82 Å². The molecule has 0 amide bonds. The zero-order valence-electron chi connectivity index (χ0n) is 11.9. The smallest absolute Gasteiger partial charge is 0.296 e. The van der Waals surface area contributed by atoms with Crippen LogP contribution >= 0.6 is 0 Å². The van der Waals surface area contributed by atoms with Crippen LogP contribution in [0, 0.1) is 5.82 Å². The van der Waals surface area contributed by atoms with E-state index in [0.717, 1.165) is 18.2 Å². The first-order valence-electron chi connectivity index (χ1n) is 6.70. The second kappa shape index (κ2) is 5.91. The van der Waals surface area contributed by atoms with Gasteiger partial charge < -0.3 is 0 Å². The molecule has 0 aliphatic rings. The minimum atomic E-state index is -4.43. The number of rotatable bonds is 3. The van der Waals surface area contributed by atoms with Crippen LogP contribution in [-0.2, 0) is 12.6 Å².